The van der Waals surface area contributed by atoms with Gasteiger partial charge in [-0.3, -0.25) is 9.59 Å². The van der Waals surface area contributed by atoms with Crippen molar-refractivity contribution in [2.24, 2.45) is 0 Å². The van der Waals surface area contributed by atoms with Gasteiger partial charge in [-0.1, -0.05) is 12.1 Å². The maximum absolute atomic E-state index is 12.2. The summed E-state index contributed by atoms with van der Waals surface area (Å²) in [7, 11) is 0. The van der Waals surface area contributed by atoms with E-state index in [-0.39, 0.29) is 11.8 Å². The Kier molecular flexibility index (Phi) is 5.53. The Morgan fingerprint density at radius 2 is 1.62 bits per heavy atom. The van der Waals surface area contributed by atoms with Crippen molar-refractivity contribution in [3.63, 3.8) is 0 Å². The van der Waals surface area contributed by atoms with Crippen LogP contribution in [0.3, 0.4) is 0 Å². The van der Waals surface area contributed by atoms with E-state index in [0.717, 1.165) is 0 Å². The number of carbonyl (C=O) groups is 2. The SMILES string of the molecule is CC(=O)Nc1ccc(NC(=O)C(C)Oc2ccccc2C#N)cc1. The van der Waals surface area contributed by atoms with Gasteiger partial charge in [0.1, 0.15) is 11.8 Å². The van der Waals surface area contributed by atoms with E-state index in [1.165, 1.54) is 6.92 Å². The number of nitrogens with one attached hydrogen (secondary N) is 2. The number of ether oxygens (including phenoxy) is 1. The van der Waals surface area contributed by atoms with Gasteiger partial charge >= 0.3 is 0 Å². The fourth-order valence-electron chi connectivity index (χ4n) is 1.99. The molecule has 2 aromatic carbocycles. The number of hydrogen-bond donors (Lipinski definition) is 2. The molecular weight excluding hydrogens is 306 g/mol. The number of nitriles is 1. The molecule has 0 spiro atoms. The van der Waals surface area contributed by atoms with Gasteiger partial charge in [0.15, 0.2) is 6.10 Å². The first kappa shape index (κ1) is 17.0. The molecule has 1 unspecified atom stereocenters. The zero-order valence-electron chi connectivity index (χ0n) is 13.4. The van der Waals surface area contributed by atoms with Gasteiger partial charge in [-0.15, -0.1) is 0 Å². The topological polar surface area (TPSA) is 91.2 Å². The molecule has 0 aliphatic rings. The second-order valence-electron chi connectivity index (χ2n) is 5.12. The van der Waals surface area contributed by atoms with Crippen LogP contribution in [0.1, 0.15) is 19.4 Å². The van der Waals surface area contributed by atoms with E-state index < -0.39 is 6.10 Å². The predicted octanol–water partition coefficient (Wildman–Crippen LogP) is 2.92. The molecule has 0 fully saturated rings. The number of para-hydroxylation sites is 1. The minimum atomic E-state index is -0.769. The van der Waals surface area contributed by atoms with Crippen LogP contribution >= 0.6 is 0 Å². The molecule has 0 aliphatic heterocycles. The van der Waals surface area contributed by atoms with Crippen molar-refractivity contribution in [2.45, 2.75) is 20.0 Å². The Hall–Kier alpha value is -3.33. The molecule has 6 nitrogen and oxygen atoms in total. The van der Waals surface area contributed by atoms with E-state index in [1.54, 1.807) is 55.5 Å². The molecule has 2 amide bonds. The highest BCUT2D eigenvalue weighted by molar-refractivity contribution is 5.94. The van der Waals surface area contributed by atoms with E-state index in [4.69, 9.17) is 10.00 Å². The monoisotopic (exact) mass is 323 g/mol. The summed E-state index contributed by atoms with van der Waals surface area (Å²) >= 11 is 0. The van der Waals surface area contributed by atoms with E-state index >= 15 is 0 Å². The Balaban J connectivity index is 1.99. The molecule has 0 aromatic heterocycles. The number of amides is 2. The first-order chi connectivity index (χ1) is 11.5. The van der Waals surface area contributed by atoms with E-state index in [2.05, 4.69) is 10.6 Å². The molecule has 0 heterocycles. The second-order valence-corrected chi connectivity index (χ2v) is 5.12. The van der Waals surface area contributed by atoms with E-state index in [9.17, 15) is 9.59 Å². The first-order valence-electron chi connectivity index (χ1n) is 7.34. The summed E-state index contributed by atoms with van der Waals surface area (Å²) in [5.41, 5.74) is 1.60. The summed E-state index contributed by atoms with van der Waals surface area (Å²) in [6.45, 7) is 3.03. The summed E-state index contributed by atoms with van der Waals surface area (Å²) in [5, 5.41) is 14.4. The highest BCUT2D eigenvalue weighted by atomic mass is 16.5. The highest BCUT2D eigenvalue weighted by Gasteiger charge is 2.16. The number of benzene rings is 2. The minimum Gasteiger partial charge on any atom is -0.480 e. The number of hydrogen-bond acceptors (Lipinski definition) is 4. The van der Waals surface area contributed by atoms with Crippen LogP contribution in [-0.2, 0) is 9.59 Å². The van der Waals surface area contributed by atoms with Crippen LogP contribution in [0.4, 0.5) is 11.4 Å². The summed E-state index contributed by atoms with van der Waals surface area (Å²) in [6, 6.07) is 15.5. The highest BCUT2D eigenvalue weighted by Crippen LogP contribution is 2.19. The fraction of sp³-hybridized carbons (Fsp3) is 0.167. The lowest BCUT2D eigenvalue weighted by Crippen LogP contribution is -2.30. The first-order valence-corrected chi connectivity index (χ1v) is 7.34. The smallest absolute Gasteiger partial charge is 0.265 e. The number of anilines is 2. The Labute approximate surface area is 140 Å². The molecule has 2 aromatic rings. The lowest BCUT2D eigenvalue weighted by atomic mass is 10.2. The van der Waals surface area contributed by atoms with E-state index in [0.29, 0.717) is 22.7 Å². The molecule has 0 radical (unpaired) electrons. The van der Waals surface area contributed by atoms with Gasteiger partial charge < -0.3 is 15.4 Å². The third-order valence-corrected chi connectivity index (χ3v) is 3.15. The van der Waals surface area contributed by atoms with E-state index in [1.807, 2.05) is 6.07 Å². The van der Waals surface area contributed by atoms with Crippen LogP contribution in [0.2, 0.25) is 0 Å². The van der Waals surface area contributed by atoms with Crippen molar-refractivity contribution < 1.29 is 14.3 Å². The molecule has 0 bridgehead atoms. The van der Waals surface area contributed by atoms with Crippen LogP contribution in [0.25, 0.3) is 0 Å². The summed E-state index contributed by atoms with van der Waals surface area (Å²) < 4.78 is 5.56. The molecular formula is C18H17N3O3. The molecule has 2 rings (SSSR count). The van der Waals surface area contributed by atoms with Crippen LogP contribution in [-0.4, -0.2) is 17.9 Å². The van der Waals surface area contributed by atoms with Crippen molar-refractivity contribution in [2.75, 3.05) is 10.6 Å². The number of nitrogens with zero attached hydrogens (tertiary/aromatic N) is 1. The third kappa shape index (κ3) is 4.58. The molecule has 122 valence electrons. The Bertz CT molecular complexity index is 779. The summed E-state index contributed by atoms with van der Waals surface area (Å²) in [4.78, 5) is 23.2. The van der Waals surface area contributed by atoms with Gasteiger partial charge in [0.05, 0.1) is 5.56 Å². The standard InChI is InChI=1S/C18H17N3O3/c1-12(24-17-6-4-3-5-14(17)11-19)18(23)21-16-9-7-15(8-10-16)20-13(2)22/h3-10,12H,1-2H3,(H,20,22)(H,21,23). The molecule has 0 saturated carbocycles. The quantitative estimate of drug-likeness (QED) is 0.885. The fourth-order valence-corrected chi connectivity index (χ4v) is 1.99. The van der Waals surface area contributed by atoms with Gasteiger partial charge in [-0.05, 0) is 43.3 Å². The van der Waals surface area contributed by atoms with Crippen molar-refractivity contribution in [1.82, 2.24) is 0 Å². The number of rotatable bonds is 5. The molecule has 0 saturated heterocycles. The van der Waals surface area contributed by atoms with Crippen molar-refractivity contribution in [3.8, 4) is 11.8 Å². The van der Waals surface area contributed by atoms with Crippen molar-refractivity contribution in [1.29, 1.82) is 5.26 Å². The maximum Gasteiger partial charge on any atom is 0.265 e. The lowest BCUT2D eigenvalue weighted by Gasteiger charge is -2.15. The molecule has 2 N–H and O–H groups in total. The van der Waals surface area contributed by atoms with Crippen LogP contribution < -0.4 is 15.4 Å². The zero-order valence-corrected chi connectivity index (χ0v) is 13.4. The largest absolute Gasteiger partial charge is 0.480 e. The van der Waals surface area contributed by atoms with Gasteiger partial charge in [-0.2, -0.15) is 5.26 Å². The normalized spacial score (nSPS) is 11.0. The van der Waals surface area contributed by atoms with Gasteiger partial charge in [-0.25, -0.2) is 0 Å². The lowest BCUT2D eigenvalue weighted by molar-refractivity contribution is -0.122. The van der Waals surface area contributed by atoms with Gasteiger partial charge in [0.25, 0.3) is 5.91 Å². The molecule has 24 heavy (non-hydrogen) atoms. The average Bonchev–Trinajstić information content (AvgIpc) is 2.56. The summed E-state index contributed by atoms with van der Waals surface area (Å²) in [5.74, 6) is -0.136. The van der Waals surface area contributed by atoms with Crippen LogP contribution in [0.5, 0.6) is 5.75 Å². The average molecular weight is 323 g/mol. The number of carbonyl (C=O) groups excluding carboxylic acids is 2. The molecule has 6 heteroatoms. The zero-order chi connectivity index (χ0) is 17.5. The van der Waals surface area contributed by atoms with Crippen LogP contribution in [0.15, 0.2) is 48.5 Å². The maximum atomic E-state index is 12.2. The van der Waals surface area contributed by atoms with Crippen LogP contribution in [0, 0.1) is 11.3 Å². The summed E-state index contributed by atoms with van der Waals surface area (Å²) in [6.07, 6.45) is -0.769. The Morgan fingerprint density at radius 3 is 2.21 bits per heavy atom. The third-order valence-electron chi connectivity index (χ3n) is 3.15. The second kappa shape index (κ2) is 7.79. The van der Waals surface area contributed by atoms with Crippen molar-refractivity contribution in [3.05, 3.63) is 54.1 Å². The molecule has 1 atom stereocenters. The van der Waals surface area contributed by atoms with Gasteiger partial charge in [0.2, 0.25) is 5.91 Å². The minimum absolute atomic E-state index is 0.162. The predicted molar refractivity (Wildman–Crippen MR) is 90.6 cm³/mol. The Morgan fingerprint density at radius 1 is 1.04 bits per heavy atom. The molecule has 0 aliphatic carbocycles. The van der Waals surface area contributed by atoms with Crippen molar-refractivity contribution >= 4 is 23.2 Å². The van der Waals surface area contributed by atoms with Gasteiger partial charge in [0, 0.05) is 18.3 Å².